The third-order valence-electron chi connectivity index (χ3n) is 8.46. The number of piperidine rings is 1. The fourth-order valence-corrected chi connectivity index (χ4v) is 6.25. The highest BCUT2D eigenvalue weighted by Gasteiger charge is 2.36. The molecule has 1 N–H and O–H groups in total. The normalized spacial score (nSPS) is 20.5. The van der Waals surface area contributed by atoms with Crippen molar-refractivity contribution in [3.63, 3.8) is 0 Å². The van der Waals surface area contributed by atoms with E-state index in [1.54, 1.807) is 16.7 Å². The number of nitrogens with zero attached hydrogens (tertiary/aromatic N) is 2. The summed E-state index contributed by atoms with van der Waals surface area (Å²) in [5, 5.41) is 3.35. The van der Waals surface area contributed by atoms with Crippen LogP contribution in [0.2, 0.25) is 0 Å². The van der Waals surface area contributed by atoms with Gasteiger partial charge in [-0.3, -0.25) is 19.7 Å². The quantitative estimate of drug-likeness (QED) is 0.172. The molecule has 1 aromatic carbocycles. The van der Waals surface area contributed by atoms with Crippen LogP contribution in [0.5, 0.6) is 0 Å². The number of ether oxygens (including phenoxy) is 3. The van der Waals surface area contributed by atoms with E-state index in [0.29, 0.717) is 38.4 Å². The number of carbonyl (C=O) groups excluding carboxylic acids is 4. The molecule has 0 bridgehead atoms. The molecular formula is C36H57N3O7. The maximum absolute atomic E-state index is 13.9. The molecule has 10 nitrogen and oxygen atoms in total. The number of hydrogen-bond acceptors (Lipinski definition) is 8. The molecule has 0 saturated carbocycles. The van der Waals surface area contributed by atoms with E-state index in [-0.39, 0.29) is 37.0 Å². The first-order valence-corrected chi connectivity index (χ1v) is 17.1. The Morgan fingerprint density at radius 2 is 1.57 bits per heavy atom. The molecule has 258 valence electrons. The standard InChI is InChI=1S/C36H57N3O7/c1-8-44-33(42)30(17-13-12-14-26-20-22-38(23-21-26)34(43)46-36(5,6)7)37-29-19-18-28(27-15-10-9-11-16-27)24-39(32(29)41)25-31(40)45-35(2,3)4/h9-11,15-16,26,28-30,37H,8,12-14,17-25H2,1-7H3/t28-,29-,30?/m0/s1. The number of rotatable bonds is 12. The molecule has 0 radical (unpaired) electrons. The summed E-state index contributed by atoms with van der Waals surface area (Å²) in [5.41, 5.74) is -0.0465. The summed E-state index contributed by atoms with van der Waals surface area (Å²) < 4.78 is 16.5. The number of esters is 2. The highest BCUT2D eigenvalue weighted by atomic mass is 16.6. The van der Waals surface area contributed by atoms with Crippen LogP contribution in [0.25, 0.3) is 0 Å². The molecular weight excluding hydrogens is 586 g/mol. The maximum Gasteiger partial charge on any atom is 0.410 e. The Bertz CT molecular complexity index is 1140. The minimum Gasteiger partial charge on any atom is -0.465 e. The van der Waals surface area contributed by atoms with E-state index in [1.165, 1.54) is 0 Å². The zero-order valence-electron chi connectivity index (χ0n) is 29.1. The minimum absolute atomic E-state index is 0.0576. The van der Waals surface area contributed by atoms with Crippen molar-refractivity contribution in [2.75, 3.05) is 32.8 Å². The van der Waals surface area contributed by atoms with Gasteiger partial charge in [0, 0.05) is 25.6 Å². The van der Waals surface area contributed by atoms with E-state index in [4.69, 9.17) is 14.2 Å². The molecule has 2 fully saturated rings. The Kier molecular flexibility index (Phi) is 13.9. The fourth-order valence-electron chi connectivity index (χ4n) is 6.25. The fraction of sp³-hybridized carbons (Fsp3) is 0.722. The second-order valence-corrected chi connectivity index (χ2v) is 14.7. The van der Waals surface area contributed by atoms with E-state index in [9.17, 15) is 19.2 Å². The molecule has 1 unspecified atom stereocenters. The molecule has 46 heavy (non-hydrogen) atoms. The topological polar surface area (TPSA) is 114 Å². The van der Waals surface area contributed by atoms with Gasteiger partial charge in [-0.05, 0) is 92.1 Å². The average molecular weight is 644 g/mol. The summed E-state index contributed by atoms with van der Waals surface area (Å²) in [6, 6.07) is 8.79. The van der Waals surface area contributed by atoms with E-state index in [1.807, 2.05) is 59.7 Å². The van der Waals surface area contributed by atoms with Crippen molar-refractivity contribution in [3.05, 3.63) is 35.9 Å². The zero-order valence-corrected chi connectivity index (χ0v) is 29.1. The Morgan fingerprint density at radius 3 is 2.17 bits per heavy atom. The molecule has 0 aliphatic carbocycles. The predicted octanol–water partition coefficient (Wildman–Crippen LogP) is 5.83. The molecule has 2 heterocycles. The molecule has 10 heteroatoms. The van der Waals surface area contributed by atoms with Crippen molar-refractivity contribution in [1.82, 2.24) is 15.1 Å². The lowest BCUT2D eigenvalue weighted by molar-refractivity contribution is -0.159. The van der Waals surface area contributed by atoms with Gasteiger partial charge in [0.25, 0.3) is 0 Å². The van der Waals surface area contributed by atoms with Gasteiger partial charge < -0.3 is 24.0 Å². The molecule has 2 aliphatic rings. The number of carbonyl (C=O) groups is 4. The molecule has 1 aromatic rings. The largest absolute Gasteiger partial charge is 0.465 e. The summed E-state index contributed by atoms with van der Waals surface area (Å²) in [5.74, 6) is -0.430. The number of likely N-dealkylation sites (tertiary alicyclic amines) is 2. The minimum atomic E-state index is -0.660. The number of nitrogens with one attached hydrogen (secondary N) is 1. The van der Waals surface area contributed by atoms with Gasteiger partial charge in [0.15, 0.2) is 0 Å². The molecule has 2 saturated heterocycles. The van der Waals surface area contributed by atoms with Crippen molar-refractivity contribution in [2.24, 2.45) is 5.92 Å². The number of benzene rings is 1. The molecule has 3 atom stereocenters. The lowest BCUT2D eigenvalue weighted by Crippen LogP contribution is -2.52. The van der Waals surface area contributed by atoms with Crippen LogP contribution in [0.4, 0.5) is 4.79 Å². The summed E-state index contributed by atoms with van der Waals surface area (Å²) in [7, 11) is 0. The highest BCUT2D eigenvalue weighted by molar-refractivity contribution is 5.87. The predicted molar refractivity (Wildman–Crippen MR) is 177 cm³/mol. The van der Waals surface area contributed by atoms with Gasteiger partial charge in [-0.15, -0.1) is 0 Å². The summed E-state index contributed by atoms with van der Waals surface area (Å²) in [6.07, 6.45) is 6.20. The van der Waals surface area contributed by atoms with Gasteiger partial charge in [-0.25, -0.2) is 4.79 Å². The number of hydrogen-bond donors (Lipinski definition) is 1. The van der Waals surface area contributed by atoms with E-state index >= 15 is 0 Å². The van der Waals surface area contributed by atoms with E-state index in [2.05, 4.69) is 17.4 Å². The maximum atomic E-state index is 13.9. The van der Waals surface area contributed by atoms with Crippen molar-refractivity contribution >= 4 is 23.9 Å². The molecule has 0 aromatic heterocycles. The molecule has 3 rings (SSSR count). The average Bonchev–Trinajstić information content (AvgIpc) is 3.12. The molecule has 2 aliphatic heterocycles. The van der Waals surface area contributed by atoms with Gasteiger partial charge in [-0.2, -0.15) is 0 Å². The SMILES string of the molecule is CCOC(=O)C(CCCCC1CCN(C(=O)OC(C)(C)C)CC1)N[C@H]1CC[C@H](c2ccccc2)CN(CC(=O)OC(C)(C)C)C1=O. The third kappa shape index (κ3) is 12.6. The van der Waals surface area contributed by atoms with Gasteiger partial charge in [0.05, 0.1) is 12.6 Å². The first-order chi connectivity index (χ1) is 21.6. The van der Waals surface area contributed by atoms with Crippen LogP contribution in [0.3, 0.4) is 0 Å². The summed E-state index contributed by atoms with van der Waals surface area (Å²) in [4.78, 5) is 55.6. The number of amides is 2. The van der Waals surface area contributed by atoms with Crippen LogP contribution in [-0.4, -0.2) is 89.8 Å². The lowest BCUT2D eigenvalue weighted by atomic mass is 9.91. The summed E-state index contributed by atoms with van der Waals surface area (Å²) >= 11 is 0. The monoisotopic (exact) mass is 643 g/mol. The third-order valence-corrected chi connectivity index (χ3v) is 8.46. The lowest BCUT2D eigenvalue weighted by Gasteiger charge is -2.33. The van der Waals surface area contributed by atoms with E-state index in [0.717, 1.165) is 44.1 Å². The van der Waals surface area contributed by atoms with Gasteiger partial charge in [-0.1, -0.05) is 49.6 Å². The Labute approximate surface area is 275 Å². The van der Waals surface area contributed by atoms with Crippen LogP contribution in [0, 0.1) is 5.92 Å². The smallest absolute Gasteiger partial charge is 0.410 e. The van der Waals surface area contributed by atoms with Crippen molar-refractivity contribution < 1.29 is 33.4 Å². The van der Waals surface area contributed by atoms with Crippen LogP contribution in [0.1, 0.15) is 111 Å². The molecule has 0 spiro atoms. The van der Waals surface area contributed by atoms with Crippen LogP contribution >= 0.6 is 0 Å². The van der Waals surface area contributed by atoms with Crippen molar-refractivity contribution in [3.8, 4) is 0 Å². The van der Waals surface area contributed by atoms with E-state index < -0.39 is 29.3 Å². The number of unbranched alkanes of at least 4 members (excludes halogenated alkanes) is 1. The Balaban J connectivity index is 1.60. The Hall–Kier alpha value is -3.14. The van der Waals surface area contributed by atoms with Gasteiger partial charge >= 0.3 is 18.0 Å². The second kappa shape index (κ2) is 17.1. The van der Waals surface area contributed by atoms with Crippen molar-refractivity contribution in [1.29, 1.82) is 0 Å². The van der Waals surface area contributed by atoms with Gasteiger partial charge in [0.2, 0.25) is 5.91 Å². The zero-order chi connectivity index (χ0) is 33.9. The summed E-state index contributed by atoms with van der Waals surface area (Å²) in [6.45, 7) is 14.7. The second-order valence-electron chi connectivity index (χ2n) is 14.7. The highest BCUT2D eigenvalue weighted by Crippen LogP contribution is 2.29. The Morgan fingerprint density at radius 1 is 0.913 bits per heavy atom. The van der Waals surface area contributed by atoms with Crippen LogP contribution < -0.4 is 5.32 Å². The van der Waals surface area contributed by atoms with Gasteiger partial charge in [0.1, 0.15) is 23.8 Å². The molecule has 2 amide bonds. The first-order valence-electron chi connectivity index (χ1n) is 17.1. The van der Waals surface area contributed by atoms with Crippen molar-refractivity contribution in [2.45, 2.75) is 129 Å². The van der Waals surface area contributed by atoms with Crippen LogP contribution in [0.15, 0.2) is 30.3 Å². The van der Waals surface area contributed by atoms with Crippen LogP contribution in [-0.2, 0) is 28.6 Å². The first kappa shape index (κ1) is 37.3.